The van der Waals surface area contributed by atoms with E-state index in [1.807, 2.05) is 0 Å². The van der Waals surface area contributed by atoms with E-state index in [2.05, 4.69) is 93.7 Å². The van der Waals surface area contributed by atoms with E-state index in [9.17, 15) is 28.9 Å². The molecule has 416 valence electrons. The first-order valence-electron chi connectivity index (χ1n) is 28.8. The minimum atomic E-state index is -4.75. The zero-order valence-corrected chi connectivity index (χ0v) is 46.8. The lowest BCUT2D eigenvalue weighted by Gasteiger charge is -2.21. The van der Waals surface area contributed by atoms with Crippen LogP contribution in [0, 0.1) is 0 Å². The summed E-state index contributed by atoms with van der Waals surface area (Å²) in [5.41, 5.74) is 0. The highest BCUT2D eigenvalue weighted by Gasteiger charge is 2.28. The van der Waals surface area contributed by atoms with Gasteiger partial charge in [-0.3, -0.25) is 23.4 Å². The second-order valence-electron chi connectivity index (χ2n) is 19.1. The van der Waals surface area contributed by atoms with Crippen LogP contribution < -0.4 is 0 Å². The first-order valence-corrected chi connectivity index (χ1v) is 30.3. The molecule has 0 aliphatic heterocycles. The van der Waals surface area contributed by atoms with E-state index in [0.717, 1.165) is 135 Å². The third-order valence-electron chi connectivity index (χ3n) is 12.1. The summed E-state index contributed by atoms with van der Waals surface area (Å²) >= 11 is 0. The molecule has 11 nitrogen and oxygen atoms in total. The monoisotopic (exact) mass is 1030 g/mol. The Morgan fingerprint density at radius 3 is 1.17 bits per heavy atom. The predicted octanol–water partition coefficient (Wildman–Crippen LogP) is 16.9. The third-order valence-corrected chi connectivity index (χ3v) is 13.0. The van der Waals surface area contributed by atoms with Crippen molar-refractivity contribution in [2.24, 2.45) is 0 Å². The van der Waals surface area contributed by atoms with Gasteiger partial charge in [-0.1, -0.05) is 203 Å². The average Bonchev–Trinajstić information content (AvgIpc) is 3.37. The Morgan fingerprint density at radius 1 is 0.403 bits per heavy atom. The number of esters is 3. The molecule has 0 aliphatic carbocycles. The van der Waals surface area contributed by atoms with Crippen molar-refractivity contribution in [3.05, 3.63) is 72.9 Å². The number of hydrogen-bond acceptors (Lipinski definition) is 10. The number of rotatable bonds is 53. The normalized spacial score (nSPS) is 13.9. The molecule has 0 aromatic rings. The molecule has 0 spiro atoms. The van der Waals surface area contributed by atoms with Crippen molar-refractivity contribution in [1.82, 2.24) is 0 Å². The maximum absolute atomic E-state index is 12.9. The van der Waals surface area contributed by atoms with Crippen molar-refractivity contribution in [2.75, 3.05) is 26.4 Å². The summed E-state index contributed by atoms with van der Waals surface area (Å²) in [5.74, 6) is -1.49. The Bertz CT molecular complexity index is 1490. The molecule has 0 amide bonds. The molecular weight excluding hydrogens is 928 g/mol. The lowest BCUT2D eigenvalue weighted by Crippen LogP contribution is -2.30. The fourth-order valence-electron chi connectivity index (χ4n) is 7.68. The highest BCUT2D eigenvalue weighted by Crippen LogP contribution is 2.43. The van der Waals surface area contributed by atoms with E-state index in [1.165, 1.54) is 57.8 Å². The van der Waals surface area contributed by atoms with Crippen molar-refractivity contribution in [2.45, 2.75) is 264 Å². The zero-order chi connectivity index (χ0) is 52.7. The van der Waals surface area contributed by atoms with Crippen LogP contribution in [0.4, 0.5) is 0 Å². The number of carbonyl (C=O) groups excluding carboxylic acids is 3. The Morgan fingerprint density at radius 2 is 0.736 bits per heavy atom. The van der Waals surface area contributed by atoms with Gasteiger partial charge in [-0.15, -0.1) is 0 Å². The van der Waals surface area contributed by atoms with Gasteiger partial charge in [0.15, 0.2) is 6.10 Å². The van der Waals surface area contributed by atoms with Crippen LogP contribution in [-0.4, -0.2) is 66.5 Å². The van der Waals surface area contributed by atoms with E-state index in [1.54, 1.807) is 0 Å². The Kier molecular flexibility index (Phi) is 51.9. The molecule has 0 aromatic carbocycles. The number of carbonyl (C=O) groups is 3. The number of unbranched alkanes of at least 4 members (excludes halogenated alkanes) is 24. The minimum Gasteiger partial charge on any atom is -0.462 e. The van der Waals surface area contributed by atoms with Crippen LogP contribution >= 0.6 is 7.82 Å². The van der Waals surface area contributed by atoms with Gasteiger partial charge in [-0.2, -0.15) is 0 Å². The average molecular weight is 1030 g/mol. The lowest BCUT2D eigenvalue weighted by molar-refractivity contribution is -0.161. The second kappa shape index (κ2) is 54.2. The SMILES string of the molecule is CC/C=C\C/C=C\C/C=C\CCCCCCCCCC(=O)OC(COC(=O)CCCCCCC/C=C\CCCC)COP(=O)(O)OCC(CO)OC(=O)CCCCCCCCC/C=C\C/C=C\CCCCC. The van der Waals surface area contributed by atoms with Crippen LogP contribution in [0.3, 0.4) is 0 Å². The summed E-state index contributed by atoms with van der Waals surface area (Å²) in [6.07, 6.45) is 60.0. The van der Waals surface area contributed by atoms with Crippen LogP contribution in [0.5, 0.6) is 0 Å². The van der Waals surface area contributed by atoms with Gasteiger partial charge < -0.3 is 24.2 Å². The number of aliphatic hydroxyl groups excluding tert-OH is 1. The quantitative estimate of drug-likeness (QED) is 0.0197. The molecule has 0 saturated heterocycles. The predicted molar refractivity (Wildman–Crippen MR) is 298 cm³/mol. The Labute approximate surface area is 439 Å². The number of aliphatic hydroxyl groups is 1. The number of allylic oxidation sites excluding steroid dienone is 12. The fourth-order valence-corrected chi connectivity index (χ4v) is 8.46. The largest absolute Gasteiger partial charge is 0.472 e. The fraction of sp³-hybridized carbons (Fsp3) is 0.750. The molecule has 0 aliphatic rings. The van der Waals surface area contributed by atoms with Crippen LogP contribution in [0.25, 0.3) is 0 Å². The summed E-state index contributed by atoms with van der Waals surface area (Å²) in [6, 6.07) is 0. The van der Waals surface area contributed by atoms with E-state index in [4.69, 9.17) is 23.3 Å². The van der Waals surface area contributed by atoms with Gasteiger partial charge in [-0.25, -0.2) is 4.57 Å². The van der Waals surface area contributed by atoms with Crippen LogP contribution in [-0.2, 0) is 42.2 Å². The van der Waals surface area contributed by atoms with Gasteiger partial charge >= 0.3 is 25.7 Å². The summed E-state index contributed by atoms with van der Waals surface area (Å²) in [5, 5.41) is 9.82. The molecule has 3 unspecified atom stereocenters. The van der Waals surface area contributed by atoms with E-state index in [0.29, 0.717) is 19.3 Å². The minimum absolute atomic E-state index is 0.153. The molecule has 3 atom stereocenters. The summed E-state index contributed by atoms with van der Waals surface area (Å²) < 4.78 is 39.5. The number of ether oxygens (including phenoxy) is 3. The molecular formula is C60H105O11P. The topological polar surface area (TPSA) is 155 Å². The molecule has 0 saturated carbocycles. The first-order chi connectivity index (χ1) is 35.2. The zero-order valence-electron chi connectivity index (χ0n) is 45.9. The van der Waals surface area contributed by atoms with E-state index >= 15 is 0 Å². The van der Waals surface area contributed by atoms with E-state index < -0.39 is 57.8 Å². The van der Waals surface area contributed by atoms with Gasteiger partial charge in [0.2, 0.25) is 0 Å². The molecule has 72 heavy (non-hydrogen) atoms. The van der Waals surface area contributed by atoms with Crippen molar-refractivity contribution in [1.29, 1.82) is 0 Å². The lowest BCUT2D eigenvalue weighted by atomic mass is 10.1. The molecule has 0 bridgehead atoms. The standard InChI is InChI=1S/C60H105O11P/c1-4-7-10-13-16-19-22-24-26-28-30-32-35-38-41-44-47-50-59(63)70-56(52-61)54-68-72(65,66)69-55-57(53-67-58(62)49-46-43-40-37-34-21-18-15-12-9-6-3)71-60(64)51-48-45-42-39-36-33-31-29-27-25-23-20-17-14-11-8-5-2/h8,11,15-20,24-27,56-57,61H,4-7,9-10,12-14,21-23,28-55H2,1-3H3,(H,65,66)/b11-8-,18-15-,19-16-,20-17-,26-24-,27-25-. The van der Waals surface area contributed by atoms with Crippen LogP contribution in [0.2, 0.25) is 0 Å². The summed E-state index contributed by atoms with van der Waals surface area (Å²) in [6.45, 7) is 4.45. The Hall–Kier alpha value is -3.08. The molecule has 12 heteroatoms. The Balaban J connectivity index is 4.69. The summed E-state index contributed by atoms with van der Waals surface area (Å²) in [7, 11) is -4.75. The van der Waals surface area contributed by atoms with Gasteiger partial charge in [0, 0.05) is 19.3 Å². The molecule has 0 heterocycles. The highest BCUT2D eigenvalue weighted by molar-refractivity contribution is 7.47. The number of hydrogen-bond donors (Lipinski definition) is 2. The van der Waals surface area contributed by atoms with Crippen molar-refractivity contribution in [3.63, 3.8) is 0 Å². The van der Waals surface area contributed by atoms with Gasteiger partial charge in [0.05, 0.1) is 19.8 Å². The van der Waals surface area contributed by atoms with Crippen molar-refractivity contribution in [3.8, 4) is 0 Å². The molecule has 0 aromatic heterocycles. The third kappa shape index (κ3) is 51.8. The van der Waals surface area contributed by atoms with Crippen molar-refractivity contribution < 1.29 is 52.2 Å². The molecule has 0 radical (unpaired) electrons. The molecule has 2 N–H and O–H groups in total. The van der Waals surface area contributed by atoms with E-state index in [-0.39, 0.29) is 25.9 Å². The van der Waals surface area contributed by atoms with Gasteiger partial charge in [-0.05, 0) is 103 Å². The number of phosphoric ester groups is 1. The van der Waals surface area contributed by atoms with Crippen molar-refractivity contribution >= 4 is 25.7 Å². The van der Waals surface area contributed by atoms with Gasteiger partial charge in [0.1, 0.15) is 12.7 Å². The number of phosphoric acid groups is 1. The summed E-state index contributed by atoms with van der Waals surface area (Å²) in [4.78, 5) is 48.5. The first kappa shape index (κ1) is 68.9. The smallest absolute Gasteiger partial charge is 0.462 e. The molecule has 0 rings (SSSR count). The maximum Gasteiger partial charge on any atom is 0.472 e. The van der Waals surface area contributed by atoms with Crippen LogP contribution in [0.1, 0.15) is 252 Å². The van der Waals surface area contributed by atoms with Gasteiger partial charge in [0.25, 0.3) is 0 Å². The highest BCUT2D eigenvalue weighted by atomic mass is 31.2. The maximum atomic E-state index is 12.9. The van der Waals surface area contributed by atoms with Crippen LogP contribution in [0.15, 0.2) is 72.9 Å². The molecule has 0 fully saturated rings. The second-order valence-corrected chi connectivity index (χ2v) is 20.5.